The van der Waals surface area contributed by atoms with Crippen LogP contribution in [0.25, 0.3) is 21.6 Å². The van der Waals surface area contributed by atoms with Crippen LogP contribution in [0.3, 0.4) is 0 Å². The first kappa shape index (κ1) is 15.3. The van der Waals surface area contributed by atoms with Crippen molar-refractivity contribution >= 4 is 33.4 Å². The summed E-state index contributed by atoms with van der Waals surface area (Å²) in [6, 6.07) is 13.1. The maximum atomic E-state index is 12.5. The molecule has 0 fully saturated rings. The second-order valence-electron chi connectivity index (χ2n) is 5.44. The summed E-state index contributed by atoms with van der Waals surface area (Å²) in [5, 5.41) is 12.3. The largest absolute Gasteiger partial charge is 0.296 e. The topological polar surface area (TPSA) is 80.7 Å². The van der Waals surface area contributed by atoms with Crippen LogP contribution in [-0.2, 0) is 0 Å². The lowest BCUT2D eigenvalue weighted by atomic mass is 10.1. The molecule has 0 bridgehead atoms. The van der Waals surface area contributed by atoms with E-state index in [0.29, 0.717) is 16.2 Å². The smallest absolute Gasteiger partial charge is 0.257 e. The van der Waals surface area contributed by atoms with Gasteiger partial charge < -0.3 is 0 Å². The number of hydrogen-bond donors (Lipinski definition) is 1. The summed E-state index contributed by atoms with van der Waals surface area (Å²) >= 11 is 1.34. The van der Waals surface area contributed by atoms with Gasteiger partial charge in [0.2, 0.25) is 5.13 Å². The van der Waals surface area contributed by atoms with Gasteiger partial charge >= 0.3 is 0 Å². The molecule has 2 heterocycles. The standard InChI is InChI=1S/C18H13N5OS/c1-11-4-2-3-5-13(11)17-22-23-18(25-17)21-16(24)12-6-7-14-15(10-12)20-9-8-19-14/h2-10H,1H3,(H,21,23,24). The van der Waals surface area contributed by atoms with Crippen molar-refractivity contribution in [3.63, 3.8) is 0 Å². The average Bonchev–Trinajstić information content (AvgIpc) is 3.10. The van der Waals surface area contributed by atoms with Gasteiger partial charge in [0, 0.05) is 23.5 Å². The van der Waals surface area contributed by atoms with Crippen molar-refractivity contribution in [1.82, 2.24) is 20.2 Å². The number of rotatable bonds is 3. The van der Waals surface area contributed by atoms with Gasteiger partial charge in [-0.05, 0) is 30.7 Å². The van der Waals surface area contributed by atoms with Gasteiger partial charge in [-0.2, -0.15) is 0 Å². The molecule has 0 radical (unpaired) electrons. The molecule has 0 unspecified atom stereocenters. The Morgan fingerprint density at radius 3 is 2.64 bits per heavy atom. The Morgan fingerprint density at radius 2 is 1.80 bits per heavy atom. The second kappa shape index (κ2) is 6.37. The van der Waals surface area contributed by atoms with Gasteiger partial charge in [0.15, 0.2) is 0 Å². The number of hydrogen-bond acceptors (Lipinski definition) is 6. The van der Waals surface area contributed by atoms with Crippen LogP contribution < -0.4 is 5.32 Å². The van der Waals surface area contributed by atoms with E-state index in [4.69, 9.17) is 0 Å². The molecular weight excluding hydrogens is 334 g/mol. The molecule has 4 rings (SSSR count). The second-order valence-corrected chi connectivity index (χ2v) is 6.42. The Labute approximate surface area is 147 Å². The predicted octanol–water partition coefficient (Wildman–Crippen LogP) is 3.71. The fourth-order valence-electron chi connectivity index (χ4n) is 2.47. The van der Waals surface area contributed by atoms with Crippen molar-refractivity contribution in [2.45, 2.75) is 6.92 Å². The Bertz CT molecular complexity index is 1080. The van der Waals surface area contributed by atoms with Gasteiger partial charge in [-0.15, -0.1) is 10.2 Å². The van der Waals surface area contributed by atoms with Crippen LogP contribution in [-0.4, -0.2) is 26.1 Å². The van der Waals surface area contributed by atoms with Crippen LogP contribution in [0, 0.1) is 6.92 Å². The molecule has 1 amide bonds. The van der Waals surface area contributed by atoms with Crippen LogP contribution in [0.4, 0.5) is 5.13 Å². The highest BCUT2D eigenvalue weighted by Crippen LogP contribution is 2.28. The number of carbonyl (C=O) groups excluding carboxylic acids is 1. The van der Waals surface area contributed by atoms with Crippen LogP contribution in [0.1, 0.15) is 15.9 Å². The molecule has 4 aromatic rings. The van der Waals surface area contributed by atoms with E-state index in [-0.39, 0.29) is 5.91 Å². The van der Waals surface area contributed by atoms with E-state index < -0.39 is 0 Å². The van der Waals surface area contributed by atoms with E-state index >= 15 is 0 Å². The zero-order valence-electron chi connectivity index (χ0n) is 13.3. The molecule has 0 spiro atoms. The summed E-state index contributed by atoms with van der Waals surface area (Å²) in [6.45, 7) is 2.02. The summed E-state index contributed by atoms with van der Waals surface area (Å²) in [4.78, 5) is 20.9. The van der Waals surface area contributed by atoms with Gasteiger partial charge in [-0.1, -0.05) is 35.6 Å². The Kier molecular flexibility index (Phi) is 3.91. The minimum Gasteiger partial charge on any atom is -0.296 e. The fourth-order valence-corrected chi connectivity index (χ4v) is 3.30. The van der Waals surface area contributed by atoms with E-state index in [2.05, 4.69) is 25.5 Å². The van der Waals surface area contributed by atoms with Gasteiger partial charge in [-0.25, -0.2) is 0 Å². The molecule has 7 heteroatoms. The first-order chi connectivity index (χ1) is 12.2. The molecular formula is C18H13N5OS. The zero-order chi connectivity index (χ0) is 17.2. The molecule has 0 aliphatic rings. The third-order valence-corrected chi connectivity index (χ3v) is 4.62. The molecule has 0 saturated heterocycles. The molecule has 25 heavy (non-hydrogen) atoms. The quantitative estimate of drug-likeness (QED) is 0.611. The zero-order valence-corrected chi connectivity index (χ0v) is 14.1. The van der Waals surface area contributed by atoms with E-state index in [1.165, 1.54) is 11.3 Å². The number of fused-ring (bicyclic) bond motifs is 1. The number of nitrogens with one attached hydrogen (secondary N) is 1. The molecule has 1 N–H and O–H groups in total. The average molecular weight is 347 g/mol. The first-order valence-electron chi connectivity index (χ1n) is 7.62. The summed E-state index contributed by atoms with van der Waals surface area (Å²) in [5.41, 5.74) is 4.05. The molecule has 2 aromatic heterocycles. The normalized spacial score (nSPS) is 10.8. The first-order valence-corrected chi connectivity index (χ1v) is 8.44. The summed E-state index contributed by atoms with van der Waals surface area (Å²) in [5.74, 6) is -0.250. The summed E-state index contributed by atoms with van der Waals surface area (Å²) in [7, 11) is 0. The molecule has 0 atom stereocenters. The predicted molar refractivity (Wildman–Crippen MR) is 97.6 cm³/mol. The van der Waals surface area contributed by atoms with Gasteiger partial charge in [-0.3, -0.25) is 20.1 Å². The van der Waals surface area contributed by atoms with Crippen LogP contribution >= 0.6 is 11.3 Å². The third kappa shape index (κ3) is 3.09. The lowest BCUT2D eigenvalue weighted by Crippen LogP contribution is -2.11. The number of nitrogens with zero attached hydrogens (tertiary/aromatic N) is 4. The minimum absolute atomic E-state index is 0.250. The van der Waals surface area contributed by atoms with E-state index in [9.17, 15) is 4.79 Å². The van der Waals surface area contributed by atoms with Crippen molar-refractivity contribution in [3.05, 3.63) is 66.0 Å². The Morgan fingerprint density at radius 1 is 1.00 bits per heavy atom. The maximum absolute atomic E-state index is 12.5. The van der Waals surface area contributed by atoms with E-state index in [1.54, 1.807) is 30.6 Å². The number of anilines is 1. The van der Waals surface area contributed by atoms with Crippen molar-refractivity contribution in [3.8, 4) is 10.6 Å². The van der Waals surface area contributed by atoms with Crippen molar-refractivity contribution in [2.24, 2.45) is 0 Å². The Balaban J connectivity index is 1.57. The minimum atomic E-state index is -0.250. The van der Waals surface area contributed by atoms with E-state index in [1.807, 2.05) is 31.2 Å². The number of carbonyl (C=O) groups is 1. The highest BCUT2D eigenvalue weighted by Gasteiger charge is 2.13. The number of aryl methyl sites for hydroxylation is 1. The van der Waals surface area contributed by atoms with Crippen LogP contribution in [0.5, 0.6) is 0 Å². The fraction of sp³-hybridized carbons (Fsp3) is 0.0556. The van der Waals surface area contributed by atoms with Crippen molar-refractivity contribution in [1.29, 1.82) is 0 Å². The lowest BCUT2D eigenvalue weighted by Gasteiger charge is -2.02. The Hall–Kier alpha value is -3.19. The molecule has 122 valence electrons. The molecule has 0 aliphatic carbocycles. The third-order valence-electron chi connectivity index (χ3n) is 3.75. The molecule has 2 aromatic carbocycles. The maximum Gasteiger partial charge on any atom is 0.257 e. The van der Waals surface area contributed by atoms with Crippen molar-refractivity contribution < 1.29 is 4.79 Å². The van der Waals surface area contributed by atoms with Crippen LogP contribution in [0.15, 0.2) is 54.9 Å². The molecule has 0 saturated carbocycles. The lowest BCUT2D eigenvalue weighted by molar-refractivity contribution is 0.102. The molecule has 0 aliphatic heterocycles. The highest BCUT2D eigenvalue weighted by atomic mass is 32.1. The van der Waals surface area contributed by atoms with Crippen LogP contribution in [0.2, 0.25) is 0 Å². The van der Waals surface area contributed by atoms with Gasteiger partial charge in [0.05, 0.1) is 11.0 Å². The summed E-state index contributed by atoms with van der Waals surface area (Å²) in [6.07, 6.45) is 3.22. The number of amides is 1. The van der Waals surface area contributed by atoms with Crippen molar-refractivity contribution in [2.75, 3.05) is 5.32 Å². The van der Waals surface area contributed by atoms with Gasteiger partial charge in [0.25, 0.3) is 5.91 Å². The number of benzene rings is 2. The summed E-state index contributed by atoms with van der Waals surface area (Å²) < 4.78 is 0. The SMILES string of the molecule is Cc1ccccc1-c1nnc(NC(=O)c2ccc3nccnc3c2)s1. The van der Waals surface area contributed by atoms with E-state index in [0.717, 1.165) is 21.7 Å². The monoisotopic (exact) mass is 347 g/mol. The van der Waals surface area contributed by atoms with Gasteiger partial charge in [0.1, 0.15) is 5.01 Å². The molecule has 6 nitrogen and oxygen atoms in total. The number of aromatic nitrogens is 4. The highest BCUT2D eigenvalue weighted by molar-refractivity contribution is 7.18.